The van der Waals surface area contributed by atoms with Crippen molar-refractivity contribution in [2.45, 2.75) is 45.4 Å². The van der Waals surface area contributed by atoms with Gasteiger partial charge in [-0.25, -0.2) is 4.39 Å². The number of anilines is 2. The van der Waals surface area contributed by atoms with Crippen molar-refractivity contribution in [2.24, 2.45) is 10.9 Å². The molecule has 1 aromatic heterocycles. The number of aryl methyl sites for hydroxylation is 1. The monoisotopic (exact) mass is 391 g/mol. The number of nitrogens with one attached hydrogen (secondary N) is 3. The zero-order chi connectivity index (χ0) is 19.2. The minimum absolute atomic E-state index is 0.184. The third kappa shape index (κ3) is 6.06. The van der Waals surface area contributed by atoms with Gasteiger partial charge in [0.2, 0.25) is 11.9 Å². The Morgan fingerprint density at radius 2 is 2.04 bits per heavy atom. The minimum Gasteiger partial charge on any atom is -0.325 e. The second kappa shape index (κ2) is 8.99. The summed E-state index contributed by atoms with van der Waals surface area (Å²) >= 11 is 5.91. The molecule has 6 nitrogen and oxygen atoms in total. The van der Waals surface area contributed by atoms with Gasteiger partial charge in [0.05, 0.1) is 0 Å². The van der Waals surface area contributed by atoms with Crippen molar-refractivity contribution >= 4 is 35.0 Å². The Hall–Kier alpha value is -2.41. The molecule has 1 heterocycles. The number of aromatic amines is 1. The number of nitrogens with zero attached hydrogens (tertiary/aromatic N) is 2. The van der Waals surface area contributed by atoms with Crippen LogP contribution in [0.2, 0.25) is 5.02 Å². The Labute approximate surface area is 162 Å². The van der Waals surface area contributed by atoms with Gasteiger partial charge in [-0.1, -0.05) is 30.9 Å². The van der Waals surface area contributed by atoms with Gasteiger partial charge in [0, 0.05) is 28.9 Å². The quantitative estimate of drug-likeness (QED) is 0.512. The average molecular weight is 392 g/mol. The van der Waals surface area contributed by atoms with E-state index in [1.165, 1.54) is 31.4 Å². The van der Waals surface area contributed by atoms with Crippen molar-refractivity contribution in [3.63, 3.8) is 0 Å². The van der Waals surface area contributed by atoms with Gasteiger partial charge >= 0.3 is 0 Å². The van der Waals surface area contributed by atoms with Crippen LogP contribution < -0.4 is 10.6 Å². The molecule has 0 unspecified atom stereocenters. The van der Waals surface area contributed by atoms with Crippen molar-refractivity contribution in [3.05, 3.63) is 40.8 Å². The number of H-pyrrole nitrogens is 1. The predicted octanol–water partition coefficient (Wildman–Crippen LogP) is 4.89. The summed E-state index contributed by atoms with van der Waals surface area (Å²) in [6.07, 6.45) is 6.11. The van der Waals surface area contributed by atoms with Crippen molar-refractivity contribution in [1.82, 2.24) is 10.2 Å². The van der Waals surface area contributed by atoms with Crippen LogP contribution in [0.1, 0.15) is 44.2 Å². The summed E-state index contributed by atoms with van der Waals surface area (Å²) in [6.45, 7) is 1.86. The van der Waals surface area contributed by atoms with Crippen LogP contribution >= 0.6 is 11.6 Å². The van der Waals surface area contributed by atoms with Crippen LogP contribution in [0.4, 0.5) is 15.9 Å². The highest BCUT2D eigenvalue weighted by molar-refractivity contribution is 6.31. The molecule has 1 saturated carbocycles. The highest BCUT2D eigenvalue weighted by Crippen LogP contribution is 2.26. The number of carbonyl (C=O) groups excluding carboxylic acids is 1. The molecule has 0 bridgehead atoms. The second-order valence-corrected chi connectivity index (χ2v) is 7.34. The number of halogens is 2. The predicted molar refractivity (Wildman–Crippen MR) is 106 cm³/mol. The van der Waals surface area contributed by atoms with Gasteiger partial charge < -0.3 is 10.6 Å². The number of hydrogen-bond acceptors (Lipinski definition) is 2. The first-order valence-corrected chi connectivity index (χ1v) is 9.49. The Kier molecular flexibility index (Phi) is 6.45. The topological polar surface area (TPSA) is 82.2 Å². The first-order valence-electron chi connectivity index (χ1n) is 9.11. The Morgan fingerprint density at radius 3 is 2.70 bits per heavy atom. The van der Waals surface area contributed by atoms with E-state index in [4.69, 9.17) is 11.6 Å². The lowest BCUT2D eigenvalue weighted by Gasteiger charge is -2.20. The van der Waals surface area contributed by atoms with Crippen molar-refractivity contribution in [2.75, 3.05) is 10.6 Å². The van der Waals surface area contributed by atoms with E-state index in [0.717, 1.165) is 18.5 Å². The molecule has 0 atom stereocenters. The molecule has 2 aromatic rings. The van der Waals surface area contributed by atoms with E-state index in [9.17, 15) is 9.18 Å². The Bertz CT molecular complexity index is 809. The molecule has 1 amide bonds. The van der Waals surface area contributed by atoms with E-state index in [1.54, 1.807) is 12.1 Å². The summed E-state index contributed by atoms with van der Waals surface area (Å²) in [6, 6.07) is 5.83. The van der Waals surface area contributed by atoms with Crippen molar-refractivity contribution in [1.29, 1.82) is 0 Å². The number of rotatable bonds is 4. The van der Waals surface area contributed by atoms with E-state index in [2.05, 4.69) is 25.8 Å². The van der Waals surface area contributed by atoms with Crippen LogP contribution in [0, 0.1) is 18.7 Å². The highest BCUT2D eigenvalue weighted by atomic mass is 35.5. The normalized spacial score (nSPS) is 15.6. The minimum atomic E-state index is -0.478. The largest absolute Gasteiger partial charge is 0.325 e. The zero-order valence-corrected chi connectivity index (χ0v) is 15.9. The molecule has 1 aliphatic carbocycles. The summed E-state index contributed by atoms with van der Waals surface area (Å²) in [7, 11) is 0. The number of amides is 1. The number of aromatic nitrogens is 2. The van der Waals surface area contributed by atoms with E-state index in [0.29, 0.717) is 23.8 Å². The average Bonchev–Trinajstić information content (AvgIpc) is 2.99. The third-order valence-corrected chi connectivity index (χ3v) is 4.72. The molecule has 1 fully saturated rings. The number of aliphatic imine (C=N–C) groups is 1. The van der Waals surface area contributed by atoms with Crippen LogP contribution in [0.3, 0.4) is 0 Å². The molecule has 3 rings (SSSR count). The molecule has 27 heavy (non-hydrogen) atoms. The van der Waals surface area contributed by atoms with Crippen LogP contribution in [-0.4, -0.2) is 22.1 Å². The molecule has 144 valence electrons. The third-order valence-electron chi connectivity index (χ3n) is 4.50. The first-order chi connectivity index (χ1) is 13.0. The lowest BCUT2D eigenvalue weighted by Crippen LogP contribution is -2.24. The molecule has 1 aromatic carbocycles. The maximum atomic E-state index is 13.6. The summed E-state index contributed by atoms with van der Waals surface area (Å²) < 4.78 is 13.6. The number of carbonyl (C=O) groups is 1. The van der Waals surface area contributed by atoms with Crippen LogP contribution in [0.15, 0.2) is 29.3 Å². The molecular weight excluding hydrogens is 369 g/mol. The number of guanidine groups is 1. The fourth-order valence-electron chi connectivity index (χ4n) is 3.26. The fourth-order valence-corrected chi connectivity index (χ4v) is 3.48. The second-order valence-electron chi connectivity index (χ2n) is 6.91. The van der Waals surface area contributed by atoms with Crippen molar-refractivity contribution < 1.29 is 9.18 Å². The van der Waals surface area contributed by atoms with Crippen molar-refractivity contribution in [3.8, 4) is 0 Å². The number of benzene rings is 1. The maximum Gasteiger partial charge on any atom is 0.249 e. The smallest absolute Gasteiger partial charge is 0.249 e. The van der Waals surface area contributed by atoms with E-state index < -0.39 is 5.82 Å². The molecule has 8 heteroatoms. The first kappa shape index (κ1) is 19.4. The summed E-state index contributed by atoms with van der Waals surface area (Å²) in [5, 5.41) is 13.0. The molecule has 0 radical (unpaired) electrons. The van der Waals surface area contributed by atoms with Gasteiger partial charge in [-0.05, 0) is 43.9 Å². The van der Waals surface area contributed by atoms with Gasteiger partial charge in [-0.3, -0.25) is 9.89 Å². The zero-order valence-electron chi connectivity index (χ0n) is 15.2. The van der Waals surface area contributed by atoms with Gasteiger partial charge in [-0.2, -0.15) is 10.1 Å². The molecule has 0 spiro atoms. The van der Waals surface area contributed by atoms with Crippen LogP contribution in [0.5, 0.6) is 0 Å². The summed E-state index contributed by atoms with van der Waals surface area (Å²) in [4.78, 5) is 16.6. The lowest BCUT2D eigenvalue weighted by molar-refractivity contribution is -0.118. The SMILES string of the molecule is Cc1cc(N/C(=N\C(=O)CC2CCCCC2)Nc2cc(F)cc(Cl)c2)n[nH]1. The summed E-state index contributed by atoms with van der Waals surface area (Å²) in [5.74, 6) is 0.378. The molecule has 0 saturated heterocycles. The maximum absolute atomic E-state index is 13.6. The Morgan fingerprint density at radius 1 is 1.26 bits per heavy atom. The molecule has 0 aliphatic heterocycles. The van der Waals surface area contributed by atoms with Crippen LogP contribution in [0.25, 0.3) is 0 Å². The van der Waals surface area contributed by atoms with E-state index in [1.807, 2.05) is 6.92 Å². The van der Waals surface area contributed by atoms with Gasteiger partial charge in [-0.15, -0.1) is 0 Å². The van der Waals surface area contributed by atoms with E-state index >= 15 is 0 Å². The molecule has 1 aliphatic rings. The molecular formula is C19H23ClFN5O. The fraction of sp³-hybridized carbons (Fsp3) is 0.421. The van der Waals surface area contributed by atoms with Crippen LogP contribution in [-0.2, 0) is 4.79 Å². The van der Waals surface area contributed by atoms with Gasteiger partial charge in [0.25, 0.3) is 0 Å². The molecule has 3 N–H and O–H groups in total. The van der Waals surface area contributed by atoms with E-state index in [-0.39, 0.29) is 16.9 Å². The standard InChI is InChI=1S/C19H23ClFN5O/c1-12-7-17(26-25-12)23-19(22-16-10-14(20)9-15(21)11-16)24-18(27)8-13-5-3-2-4-6-13/h7,9-11,13H,2-6,8H2,1H3,(H3,22,23,24,25,26,27). The van der Waals surface area contributed by atoms with Gasteiger partial charge in [0.1, 0.15) is 5.82 Å². The summed E-state index contributed by atoms with van der Waals surface area (Å²) in [5.41, 5.74) is 1.25. The number of hydrogen-bond donors (Lipinski definition) is 3. The highest BCUT2D eigenvalue weighted by Gasteiger charge is 2.17. The lowest BCUT2D eigenvalue weighted by atomic mass is 9.87. The Balaban J connectivity index is 1.76. The van der Waals surface area contributed by atoms with Gasteiger partial charge in [0.15, 0.2) is 5.82 Å².